The average Bonchev–Trinajstić information content (AvgIpc) is 2.40. The van der Waals surface area contributed by atoms with Gasteiger partial charge >= 0.3 is 5.97 Å². The molecular weight excluding hydrogens is 230 g/mol. The zero-order valence-corrected chi connectivity index (χ0v) is 11.4. The van der Waals surface area contributed by atoms with Gasteiger partial charge < -0.3 is 9.84 Å². The average molecular weight is 255 g/mol. The van der Waals surface area contributed by atoms with E-state index in [-0.39, 0.29) is 0 Å². The molecule has 0 saturated carbocycles. The van der Waals surface area contributed by atoms with Gasteiger partial charge in [0.15, 0.2) is 0 Å². The van der Waals surface area contributed by atoms with E-state index in [2.05, 4.69) is 11.8 Å². The highest BCUT2D eigenvalue weighted by Gasteiger charge is 2.42. The number of piperidine rings is 1. The quantitative estimate of drug-likeness (QED) is 0.836. The molecule has 0 amide bonds. The van der Waals surface area contributed by atoms with Crippen molar-refractivity contribution in [1.82, 2.24) is 4.90 Å². The molecule has 2 saturated heterocycles. The lowest BCUT2D eigenvalue weighted by Crippen LogP contribution is -2.51. The van der Waals surface area contributed by atoms with Gasteiger partial charge in [-0.15, -0.1) is 0 Å². The number of aliphatic carboxylic acids is 1. The third-order valence-corrected chi connectivity index (χ3v) is 4.63. The summed E-state index contributed by atoms with van der Waals surface area (Å²) in [6, 6.07) is 0.581. The summed E-state index contributed by atoms with van der Waals surface area (Å²) in [5.74, 6) is -0.633. The van der Waals surface area contributed by atoms with Crippen molar-refractivity contribution < 1.29 is 14.6 Å². The predicted molar refractivity (Wildman–Crippen MR) is 69.6 cm³/mol. The van der Waals surface area contributed by atoms with Gasteiger partial charge in [0.05, 0.1) is 5.41 Å². The van der Waals surface area contributed by atoms with Gasteiger partial charge in [-0.05, 0) is 38.6 Å². The van der Waals surface area contributed by atoms with E-state index < -0.39 is 11.4 Å². The molecule has 18 heavy (non-hydrogen) atoms. The Bertz CT molecular complexity index is 287. The van der Waals surface area contributed by atoms with Gasteiger partial charge in [-0.1, -0.05) is 13.3 Å². The van der Waals surface area contributed by atoms with Crippen LogP contribution in [0, 0.1) is 5.41 Å². The predicted octanol–water partition coefficient (Wildman–Crippen LogP) is 2.13. The van der Waals surface area contributed by atoms with Crippen LogP contribution in [0.3, 0.4) is 0 Å². The van der Waals surface area contributed by atoms with Crippen molar-refractivity contribution in [1.29, 1.82) is 0 Å². The van der Waals surface area contributed by atoms with E-state index in [0.29, 0.717) is 38.6 Å². The molecule has 2 fully saturated rings. The highest BCUT2D eigenvalue weighted by Crippen LogP contribution is 2.34. The van der Waals surface area contributed by atoms with Crippen molar-refractivity contribution in [3.63, 3.8) is 0 Å². The second-order valence-corrected chi connectivity index (χ2v) is 5.73. The number of carbonyl (C=O) groups is 1. The first-order valence-corrected chi connectivity index (χ1v) is 7.23. The number of nitrogens with zero attached hydrogens (tertiary/aromatic N) is 1. The van der Waals surface area contributed by atoms with Crippen molar-refractivity contribution in [2.45, 2.75) is 51.5 Å². The third kappa shape index (κ3) is 2.86. The number of likely N-dealkylation sites (tertiary alicyclic amines) is 1. The number of hydrogen-bond acceptors (Lipinski definition) is 3. The van der Waals surface area contributed by atoms with Gasteiger partial charge in [-0.2, -0.15) is 0 Å². The Labute approximate surface area is 109 Å². The summed E-state index contributed by atoms with van der Waals surface area (Å²) in [4.78, 5) is 14.1. The lowest BCUT2D eigenvalue weighted by Gasteiger charge is -2.42. The maximum absolute atomic E-state index is 11.7. The topological polar surface area (TPSA) is 49.8 Å². The fourth-order valence-corrected chi connectivity index (χ4v) is 3.32. The van der Waals surface area contributed by atoms with E-state index in [0.717, 1.165) is 13.0 Å². The van der Waals surface area contributed by atoms with Gasteiger partial charge in [0, 0.05) is 25.8 Å². The molecule has 4 heteroatoms. The molecule has 4 nitrogen and oxygen atoms in total. The summed E-state index contributed by atoms with van der Waals surface area (Å²) >= 11 is 0. The molecule has 2 heterocycles. The fourth-order valence-electron chi connectivity index (χ4n) is 3.32. The van der Waals surface area contributed by atoms with Crippen molar-refractivity contribution in [2.75, 3.05) is 26.3 Å². The second kappa shape index (κ2) is 6.02. The molecule has 1 atom stereocenters. The molecule has 1 N–H and O–H groups in total. The summed E-state index contributed by atoms with van der Waals surface area (Å²) in [5, 5.41) is 9.60. The Morgan fingerprint density at radius 3 is 2.72 bits per heavy atom. The Hall–Kier alpha value is -0.610. The highest BCUT2D eigenvalue weighted by atomic mass is 16.5. The van der Waals surface area contributed by atoms with Crippen LogP contribution in [0.1, 0.15) is 45.4 Å². The van der Waals surface area contributed by atoms with E-state index in [4.69, 9.17) is 4.74 Å². The SMILES string of the molecule is CCC1CCCCN1CC1(C(=O)O)CCOCC1. The maximum atomic E-state index is 11.7. The van der Waals surface area contributed by atoms with Gasteiger partial charge in [-0.3, -0.25) is 9.69 Å². The molecule has 1 unspecified atom stereocenters. The fraction of sp³-hybridized carbons (Fsp3) is 0.929. The largest absolute Gasteiger partial charge is 0.481 e. The zero-order valence-electron chi connectivity index (χ0n) is 11.4. The summed E-state index contributed by atoms with van der Waals surface area (Å²) in [6.45, 7) is 5.17. The second-order valence-electron chi connectivity index (χ2n) is 5.73. The Morgan fingerprint density at radius 1 is 1.39 bits per heavy atom. The number of ether oxygens (including phenoxy) is 1. The molecule has 0 radical (unpaired) electrons. The van der Waals surface area contributed by atoms with Crippen LogP contribution in [0.4, 0.5) is 0 Å². The van der Waals surface area contributed by atoms with Gasteiger partial charge in [0.1, 0.15) is 0 Å². The lowest BCUT2D eigenvalue weighted by molar-refractivity contribution is -0.157. The Balaban J connectivity index is 2.05. The summed E-state index contributed by atoms with van der Waals surface area (Å²) < 4.78 is 5.34. The molecule has 0 bridgehead atoms. The van der Waals surface area contributed by atoms with Crippen molar-refractivity contribution >= 4 is 5.97 Å². The van der Waals surface area contributed by atoms with E-state index >= 15 is 0 Å². The van der Waals surface area contributed by atoms with Crippen LogP contribution in [0.25, 0.3) is 0 Å². The summed E-state index contributed by atoms with van der Waals surface area (Å²) in [6.07, 6.45) is 6.18. The standard InChI is InChI=1S/C14H25NO3/c1-2-12-5-3-4-8-15(12)11-14(13(16)17)6-9-18-10-7-14/h12H,2-11H2,1H3,(H,16,17). The number of rotatable bonds is 4. The van der Waals surface area contributed by atoms with E-state index in [1.165, 1.54) is 19.3 Å². The minimum atomic E-state index is -0.633. The molecule has 2 aliphatic heterocycles. The number of carboxylic acid groups (broad SMARTS) is 1. The first kappa shape index (κ1) is 13.8. The van der Waals surface area contributed by atoms with Crippen molar-refractivity contribution in [3.8, 4) is 0 Å². The molecule has 0 spiro atoms. The number of hydrogen-bond donors (Lipinski definition) is 1. The first-order chi connectivity index (χ1) is 8.68. The van der Waals surface area contributed by atoms with Crippen molar-refractivity contribution in [3.05, 3.63) is 0 Å². The Morgan fingerprint density at radius 2 is 2.11 bits per heavy atom. The molecule has 0 aliphatic carbocycles. The Kier molecular flexibility index (Phi) is 4.62. The molecule has 104 valence electrons. The van der Waals surface area contributed by atoms with Crippen LogP contribution in [0.15, 0.2) is 0 Å². The summed E-state index contributed by atoms with van der Waals surface area (Å²) in [5.41, 5.74) is -0.566. The smallest absolute Gasteiger partial charge is 0.311 e. The first-order valence-electron chi connectivity index (χ1n) is 7.23. The molecule has 0 aromatic carbocycles. The lowest BCUT2D eigenvalue weighted by atomic mass is 9.79. The highest BCUT2D eigenvalue weighted by molar-refractivity contribution is 5.75. The number of carboxylic acids is 1. The summed E-state index contributed by atoms with van der Waals surface area (Å²) in [7, 11) is 0. The molecule has 2 aliphatic rings. The molecule has 0 aromatic rings. The van der Waals surface area contributed by atoms with E-state index in [1.807, 2.05) is 0 Å². The minimum Gasteiger partial charge on any atom is -0.481 e. The van der Waals surface area contributed by atoms with Crippen LogP contribution in [0.5, 0.6) is 0 Å². The monoisotopic (exact) mass is 255 g/mol. The molecule has 0 aromatic heterocycles. The maximum Gasteiger partial charge on any atom is 0.311 e. The van der Waals surface area contributed by atoms with Crippen LogP contribution >= 0.6 is 0 Å². The van der Waals surface area contributed by atoms with Crippen LogP contribution in [0.2, 0.25) is 0 Å². The van der Waals surface area contributed by atoms with Crippen LogP contribution < -0.4 is 0 Å². The van der Waals surface area contributed by atoms with Gasteiger partial charge in [0.2, 0.25) is 0 Å². The van der Waals surface area contributed by atoms with E-state index in [1.54, 1.807) is 0 Å². The van der Waals surface area contributed by atoms with Gasteiger partial charge in [-0.25, -0.2) is 0 Å². The normalized spacial score (nSPS) is 29.1. The van der Waals surface area contributed by atoms with E-state index in [9.17, 15) is 9.90 Å². The zero-order chi connectivity index (χ0) is 13.0. The van der Waals surface area contributed by atoms with Crippen LogP contribution in [-0.2, 0) is 9.53 Å². The minimum absolute atomic E-state index is 0.566. The third-order valence-electron chi connectivity index (χ3n) is 4.63. The molecular formula is C14H25NO3. The molecule has 2 rings (SSSR count). The van der Waals surface area contributed by atoms with Gasteiger partial charge in [0.25, 0.3) is 0 Å². The van der Waals surface area contributed by atoms with Crippen molar-refractivity contribution in [2.24, 2.45) is 5.41 Å². The van der Waals surface area contributed by atoms with Crippen LogP contribution in [-0.4, -0.2) is 48.3 Å².